The van der Waals surface area contributed by atoms with E-state index in [0.717, 1.165) is 22.4 Å². The number of aromatic amines is 1. The summed E-state index contributed by atoms with van der Waals surface area (Å²) < 4.78 is 17.7. The predicted octanol–water partition coefficient (Wildman–Crippen LogP) is 5.68. The number of aromatic nitrogens is 2. The number of aryl methyl sites for hydroxylation is 2. The van der Waals surface area contributed by atoms with Gasteiger partial charge in [0.05, 0.1) is 32.7 Å². The maximum absolute atomic E-state index is 13.1. The minimum atomic E-state index is -0.275. The third kappa shape index (κ3) is 5.07. The number of rotatable bonds is 8. The number of methoxy groups -OCH3 is 3. The van der Waals surface area contributed by atoms with Crippen molar-refractivity contribution in [1.29, 1.82) is 0 Å². The van der Waals surface area contributed by atoms with Crippen LogP contribution in [-0.4, -0.2) is 36.7 Å². The van der Waals surface area contributed by atoms with Crippen LogP contribution >= 0.6 is 0 Å². The smallest absolute Gasteiger partial charge is 0.330 e. The number of nitrogens with zero attached hydrogens (tertiary/aromatic N) is 1. The van der Waals surface area contributed by atoms with Crippen molar-refractivity contribution >= 4 is 11.9 Å². The van der Waals surface area contributed by atoms with Crippen LogP contribution in [0.2, 0.25) is 0 Å². The second-order valence-corrected chi connectivity index (χ2v) is 8.76. The van der Waals surface area contributed by atoms with E-state index in [0.29, 0.717) is 34.1 Å². The largest absolute Gasteiger partial charge is 0.493 e. The summed E-state index contributed by atoms with van der Waals surface area (Å²) in [6.45, 7) is 6.19. The third-order valence-corrected chi connectivity index (χ3v) is 6.50. The van der Waals surface area contributed by atoms with Crippen molar-refractivity contribution < 1.29 is 19.0 Å². The van der Waals surface area contributed by atoms with Crippen LogP contribution in [-0.2, 0) is 0 Å². The number of imidazole rings is 1. The van der Waals surface area contributed by atoms with Gasteiger partial charge in [0.25, 0.3) is 0 Å². The molecule has 0 aliphatic rings. The molecular formula is C30H30N2O5. The summed E-state index contributed by atoms with van der Waals surface area (Å²) in [6, 6.07) is 14.7. The fourth-order valence-corrected chi connectivity index (χ4v) is 4.28. The zero-order valence-corrected chi connectivity index (χ0v) is 21.8. The minimum Gasteiger partial charge on any atom is -0.493 e. The van der Waals surface area contributed by atoms with Gasteiger partial charge in [0.1, 0.15) is 0 Å². The molecule has 0 aliphatic heterocycles. The molecule has 1 aromatic heterocycles. The Morgan fingerprint density at radius 3 is 2.14 bits per heavy atom. The quantitative estimate of drug-likeness (QED) is 0.250. The lowest BCUT2D eigenvalue weighted by Gasteiger charge is -2.13. The minimum absolute atomic E-state index is 0.206. The molecule has 0 radical (unpaired) electrons. The molecule has 0 bridgehead atoms. The van der Waals surface area contributed by atoms with Crippen molar-refractivity contribution in [3.8, 4) is 34.2 Å². The van der Waals surface area contributed by atoms with E-state index in [1.807, 2.05) is 6.07 Å². The summed E-state index contributed by atoms with van der Waals surface area (Å²) in [5.41, 5.74) is 6.68. The maximum Gasteiger partial charge on any atom is 0.330 e. The Hall–Kier alpha value is -4.52. The molecule has 4 aromatic rings. The highest BCUT2D eigenvalue weighted by molar-refractivity contribution is 6.07. The molecule has 0 fully saturated rings. The molecule has 0 saturated heterocycles. The van der Waals surface area contributed by atoms with Crippen molar-refractivity contribution in [3.05, 3.63) is 99.1 Å². The molecular weight excluding hydrogens is 468 g/mol. The fraction of sp³-hybridized carbons (Fsp3) is 0.200. The van der Waals surface area contributed by atoms with E-state index in [4.69, 9.17) is 14.2 Å². The topological polar surface area (TPSA) is 82.6 Å². The van der Waals surface area contributed by atoms with Gasteiger partial charge in [0.15, 0.2) is 17.3 Å². The molecule has 3 aromatic carbocycles. The average Bonchev–Trinajstić information content (AvgIpc) is 3.30. The Bertz CT molecular complexity index is 1510. The first-order chi connectivity index (χ1) is 17.8. The van der Waals surface area contributed by atoms with Crippen LogP contribution in [0.3, 0.4) is 0 Å². The van der Waals surface area contributed by atoms with Crippen LogP contribution in [0.25, 0.3) is 23.0 Å². The summed E-state index contributed by atoms with van der Waals surface area (Å²) >= 11 is 0. The average molecular weight is 499 g/mol. The molecule has 4 rings (SSSR count). The van der Waals surface area contributed by atoms with Gasteiger partial charge < -0.3 is 19.2 Å². The predicted molar refractivity (Wildman–Crippen MR) is 145 cm³/mol. The Labute approximate surface area is 216 Å². The SMILES string of the molecule is COc1cc(C=CC(=O)c2cccc(-n3c(-c4cc(C)c(C)c(C)c4)c[nH]c3=O)c2)cc(OC)c1OC. The number of H-pyrrole nitrogens is 1. The second kappa shape index (κ2) is 10.6. The number of nitrogens with one attached hydrogen (secondary N) is 1. The summed E-state index contributed by atoms with van der Waals surface area (Å²) in [6.07, 6.45) is 4.86. The number of ether oxygens (including phenoxy) is 3. The molecule has 0 spiro atoms. The van der Waals surface area contributed by atoms with Crippen molar-refractivity contribution in [2.24, 2.45) is 0 Å². The molecule has 0 unspecified atom stereocenters. The van der Waals surface area contributed by atoms with Crippen LogP contribution < -0.4 is 19.9 Å². The lowest BCUT2D eigenvalue weighted by molar-refractivity contribution is 0.104. The lowest BCUT2D eigenvalue weighted by atomic mass is 9.99. The zero-order valence-electron chi connectivity index (χ0n) is 21.8. The van der Waals surface area contributed by atoms with Crippen LogP contribution in [0, 0.1) is 20.8 Å². The number of carbonyl (C=O) groups is 1. The fourth-order valence-electron chi connectivity index (χ4n) is 4.28. The highest BCUT2D eigenvalue weighted by atomic mass is 16.5. The number of ketones is 1. The van der Waals surface area contributed by atoms with E-state index in [9.17, 15) is 9.59 Å². The molecule has 0 amide bonds. The van der Waals surface area contributed by atoms with Gasteiger partial charge in [-0.1, -0.05) is 18.2 Å². The van der Waals surface area contributed by atoms with Gasteiger partial charge in [0, 0.05) is 17.3 Å². The first kappa shape index (κ1) is 25.6. The number of allylic oxidation sites excluding steroid dienone is 1. The standard InChI is InChI=1S/C30H30N2O5/c1-18-12-23(13-19(2)20(18)3)25-17-31-30(34)32(25)24-9-7-8-22(16-24)26(33)11-10-21-14-27(35-4)29(37-6)28(15-21)36-5/h7-17H,1-6H3,(H,31,34). The molecule has 0 saturated carbocycles. The van der Waals surface area contributed by atoms with E-state index >= 15 is 0 Å². The maximum atomic E-state index is 13.1. The monoisotopic (exact) mass is 498 g/mol. The van der Waals surface area contributed by atoms with E-state index in [2.05, 4.69) is 37.9 Å². The van der Waals surface area contributed by atoms with Crippen molar-refractivity contribution in [1.82, 2.24) is 9.55 Å². The lowest BCUT2D eigenvalue weighted by Crippen LogP contribution is -2.16. The highest BCUT2D eigenvalue weighted by Crippen LogP contribution is 2.38. The van der Waals surface area contributed by atoms with Gasteiger partial charge in [0.2, 0.25) is 5.75 Å². The first-order valence-electron chi connectivity index (χ1n) is 11.8. The van der Waals surface area contributed by atoms with Crippen LogP contribution in [0.5, 0.6) is 17.2 Å². The van der Waals surface area contributed by atoms with Crippen LogP contribution in [0.1, 0.15) is 32.6 Å². The van der Waals surface area contributed by atoms with Crippen LogP contribution in [0.4, 0.5) is 0 Å². The van der Waals surface area contributed by atoms with E-state index in [1.54, 1.807) is 47.2 Å². The molecule has 7 nitrogen and oxygen atoms in total. The number of hydrogen-bond donors (Lipinski definition) is 1. The Balaban J connectivity index is 1.68. The Kier molecular flexibility index (Phi) is 7.34. The van der Waals surface area contributed by atoms with Gasteiger partial charge in [-0.05, 0) is 85.5 Å². The number of hydrogen-bond acceptors (Lipinski definition) is 5. The Morgan fingerprint density at radius 1 is 0.892 bits per heavy atom. The van der Waals surface area contributed by atoms with Gasteiger partial charge in [-0.3, -0.25) is 9.36 Å². The van der Waals surface area contributed by atoms with Crippen molar-refractivity contribution in [2.75, 3.05) is 21.3 Å². The van der Waals surface area contributed by atoms with Crippen molar-refractivity contribution in [3.63, 3.8) is 0 Å². The molecule has 0 aliphatic carbocycles. The summed E-state index contributed by atoms with van der Waals surface area (Å²) in [7, 11) is 4.62. The molecule has 1 heterocycles. The van der Waals surface area contributed by atoms with E-state index in [1.165, 1.54) is 33.0 Å². The third-order valence-electron chi connectivity index (χ3n) is 6.50. The van der Waals surface area contributed by atoms with Gasteiger partial charge in [-0.15, -0.1) is 0 Å². The number of benzene rings is 3. The molecule has 1 N–H and O–H groups in total. The van der Waals surface area contributed by atoms with Crippen molar-refractivity contribution in [2.45, 2.75) is 20.8 Å². The van der Waals surface area contributed by atoms with Crippen LogP contribution in [0.15, 0.2) is 65.6 Å². The molecule has 190 valence electrons. The van der Waals surface area contributed by atoms with E-state index < -0.39 is 0 Å². The van der Waals surface area contributed by atoms with Gasteiger partial charge in [-0.2, -0.15) is 0 Å². The number of carbonyl (C=O) groups excluding carboxylic acids is 1. The zero-order chi connectivity index (χ0) is 26.7. The summed E-state index contributed by atoms with van der Waals surface area (Å²) in [5, 5.41) is 0. The molecule has 0 atom stereocenters. The van der Waals surface area contributed by atoms with Gasteiger partial charge in [-0.25, -0.2) is 4.79 Å². The molecule has 7 heteroatoms. The second-order valence-electron chi connectivity index (χ2n) is 8.76. The summed E-state index contributed by atoms with van der Waals surface area (Å²) in [4.78, 5) is 28.6. The van der Waals surface area contributed by atoms with Gasteiger partial charge >= 0.3 is 5.69 Å². The Morgan fingerprint density at radius 2 is 1.54 bits per heavy atom. The normalized spacial score (nSPS) is 11.1. The summed E-state index contributed by atoms with van der Waals surface area (Å²) in [5.74, 6) is 1.27. The molecule has 37 heavy (non-hydrogen) atoms. The van der Waals surface area contributed by atoms with E-state index in [-0.39, 0.29) is 11.5 Å². The highest BCUT2D eigenvalue weighted by Gasteiger charge is 2.15. The first-order valence-corrected chi connectivity index (χ1v) is 11.8.